The second-order valence-corrected chi connectivity index (χ2v) is 6.03. The monoisotopic (exact) mass is 266 g/mol. The minimum atomic E-state index is -2.19. The first kappa shape index (κ1) is 13.7. The summed E-state index contributed by atoms with van der Waals surface area (Å²) in [5.41, 5.74) is 8.79. The molecule has 0 amide bonds. The highest BCUT2D eigenvalue weighted by atomic mass is 32.2. The van der Waals surface area contributed by atoms with E-state index in [1.165, 1.54) is 0 Å². The summed E-state index contributed by atoms with van der Waals surface area (Å²) in [6, 6.07) is 0. The zero-order valence-electron chi connectivity index (χ0n) is 8.66. The van der Waals surface area contributed by atoms with E-state index in [-0.39, 0.29) is 11.5 Å². The van der Waals surface area contributed by atoms with Crippen molar-refractivity contribution < 1.29 is 22.3 Å². The molecule has 2 N–H and O–H groups in total. The van der Waals surface area contributed by atoms with Crippen molar-refractivity contribution in [3.8, 4) is 0 Å². The van der Waals surface area contributed by atoms with E-state index >= 15 is 0 Å². The van der Waals surface area contributed by atoms with Crippen LogP contribution in [0.2, 0.25) is 0 Å². The Labute approximate surface area is 98.6 Å². The van der Waals surface area contributed by atoms with Crippen LogP contribution in [-0.2, 0) is 22.2 Å². The Balaban J connectivity index is 3.04. The fourth-order valence-electron chi connectivity index (χ4n) is 2.06. The predicted octanol–water partition coefficient (Wildman–Crippen LogP) is 0.803. The van der Waals surface area contributed by atoms with Crippen molar-refractivity contribution in [1.82, 2.24) is 0 Å². The Morgan fingerprint density at radius 1 is 1.25 bits per heavy atom. The second kappa shape index (κ2) is 5.79. The quantitative estimate of drug-likeness (QED) is 0.339. The highest BCUT2D eigenvalue weighted by Gasteiger charge is 2.49. The molecule has 0 aromatic heterocycles. The van der Waals surface area contributed by atoms with Crippen LogP contribution in [0, 0.1) is 0 Å². The SMILES string of the molecule is [N-]=[N+]=C(CS(=O)O)C1(S(=O)O)CCCCC1. The molecule has 92 valence electrons. The van der Waals surface area contributed by atoms with Gasteiger partial charge in [-0.3, -0.25) is 0 Å². The van der Waals surface area contributed by atoms with Crippen molar-refractivity contribution in [2.75, 3.05) is 5.75 Å². The molecular formula is C8H14N2O4S2. The van der Waals surface area contributed by atoms with E-state index in [2.05, 4.69) is 4.79 Å². The van der Waals surface area contributed by atoms with Gasteiger partial charge in [0.15, 0.2) is 26.9 Å². The van der Waals surface area contributed by atoms with Crippen LogP contribution in [0.5, 0.6) is 0 Å². The Bertz CT molecular complexity index is 359. The summed E-state index contributed by atoms with van der Waals surface area (Å²) in [6.45, 7) is 0. The van der Waals surface area contributed by atoms with Gasteiger partial charge in [-0.2, -0.15) is 4.79 Å². The molecular weight excluding hydrogens is 252 g/mol. The molecule has 0 radical (unpaired) electrons. The van der Waals surface area contributed by atoms with Gasteiger partial charge in [-0.1, -0.05) is 19.3 Å². The molecule has 1 aliphatic rings. The van der Waals surface area contributed by atoms with E-state index in [4.69, 9.17) is 10.1 Å². The lowest BCUT2D eigenvalue weighted by molar-refractivity contribution is -0.0131. The molecule has 0 aromatic rings. The molecule has 1 saturated carbocycles. The van der Waals surface area contributed by atoms with Crippen molar-refractivity contribution in [1.29, 1.82) is 0 Å². The third-order valence-electron chi connectivity index (χ3n) is 2.90. The van der Waals surface area contributed by atoms with E-state index in [1.807, 2.05) is 0 Å². The Morgan fingerprint density at radius 2 is 1.81 bits per heavy atom. The van der Waals surface area contributed by atoms with Gasteiger partial charge in [-0.05, 0) is 12.8 Å². The van der Waals surface area contributed by atoms with E-state index in [0.29, 0.717) is 12.8 Å². The Morgan fingerprint density at radius 3 is 2.19 bits per heavy atom. The molecule has 16 heavy (non-hydrogen) atoms. The van der Waals surface area contributed by atoms with Gasteiger partial charge in [-0.15, -0.1) is 0 Å². The molecule has 1 rings (SSSR count). The van der Waals surface area contributed by atoms with Gasteiger partial charge in [0, 0.05) is 0 Å². The van der Waals surface area contributed by atoms with E-state index in [1.54, 1.807) is 0 Å². The van der Waals surface area contributed by atoms with Crippen LogP contribution in [0.25, 0.3) is 5.53 Å². The summed E-state index contributed by atoms with van der Waals surface area (Å²) in [6.07, 6.45) is 3.28. The standard InChI is InChI=1S/C8H14N2O4S2/c9-10-7(6-15(11)12)8(16(13)14)4-2-1-3-5-8/h1-6H2,(H,11,12)(H,13,14). The van der Waals surface area contributed by atoms with Crippen LogP contribution < -0.4 is 0 Å². The van der Waals surface area contributed by atoms with Gasteiger partial charge in [0.25, 0.3) is 0 Å². The fraction of sp³-hybridized carbons (Fsp3) is 0.875. The van der Waals surface area contributed by atoms with E-state index in [9.17, 15) is 13.0 Å². The Kier molecular flexibility index (Phi) is 4.94. The molecule has 0 spiro atoms. The van der Waals surface area contributed by atoms with Crippen molar-refractivity contribution in [2.24, 2.45) is 0 Å². The third-order valence-corrected chi connectivity index (χ3v) is 4.74. The van der Waals surface area contributed by atoms with Crippen molar-refractivity contribution in [2.45, 2.75) is 36.9 Å². The summed E-state index contributed by atoms with van der Waals surface area (Å²) in [5.74, 6) is -0.386. The lowest BCUT2D eigenvalue weighted by Crippen LogP contribution is -2.47. The third kappa shape index (κ3) is 2.83. The average molecular weight is 266 g/mol. The summed E-state index contributed by atoms with van der Waals surface area (Å²) in [4.78, 5) is 2.96. The summed E-state index contributed by atoms with van der Waals surface area (Å²) < 4.78 is 39.1. The highest BCUT2D eigenvalue weighted by Crippen LogP contribution is 2.33. The second-order valence-electron chi connectivity index (χ2n) is 3.82. The average Bonchev–Trinajstić information content (AvgIpc) is 2.26. The van der Waals surface area contributed by atoms with Gasteiger partial charge in [0.05, 0.1) is 0 Å². The van der Waals surface area contributed by atoms with E-state index < -0.39 is 26.9 Å². The smallest absolute Gasteiger partial charge is 0.304 e. The molecule has 0 saturated heterocycles. The van der Waals surface area contributed by atoms with Gasteiger partial charge in [-0.25, -0.2) is 8.42 Å². The lowest BCUT2D eigenvalue weighted by atomic mass is 9.85. The molecule has 2 atom stereocenters. The summed E-state index contributed by atoms with van der Waals surface area (Å²) in [5, 5.41) is 0. The maximum atomic E-state index is 11.4. The number of rotatable bonds is 4. The van der Waals surface area contributed by atoms with Gasteiger partial charge in [0.1, 0.15) is 5.75 Å². The normalized spacial score (nSPS) is 23.1. The molecule has 0 heterocycles. The minimum absolute atomic E-state index is 0.0473. The van der Waals surface area contributed by atoms with Crippen molar-refractivity contribution >= 4 is 27.9 Å². The largest absolute Gasteiger partial charge is 0.361 e. The maximum Gasteiger partial charge on any atom is 0.304 e. The Hall–Kier alpha value is -0.400. The summed E-state index contributed by atoms with van der Waals surface area (Å²) in [7, 11) is 0. The van der Waals surface area contributed by atoms with Crippen LogP contribution in [0.1, 0.15) is 32.1 Å². The molecule has 8 heteroatoms. The molecule has 1 fully saturated rings. The molecule has 2 unspecified atom stereocenters. The van der Waals surface area contributed by atoms with Crippen LogP contribution in [0.3, 0.4) is 0 Å². The lowest BCUT2D eigenvalue weighted by Gasteiger charge is -2.29. The van der Waals surface area contributed by atoms with Crippen LogP contribution >= 0.6 is 0 Å². The predicted molar refractivity (Wildman–Crippen MR) is 60.9 cm³/mol. The van der Waals surface area contributed by atoms with Crippen molar-refractivity contribution in [3.63, 3.8) is 0 Å². The van der Waals surface area contributed by atoms with Gasteiger partial charge < -0.3 is 14.6 Å². The maximum absolute atomic E-state index is 11.4. The molecule has 0 aliphatic heterocycles. The summed E-state index contributed by atoms with van der Waals surface area (Å²) >= 11 is -4.37. The van der Waals surface area contributed by atoms with Crippen LogP contribution in [-0.4, -0.2) is 38.5 Å². The first-order valence-corrected chi connectivity index (χ1v) is 7.31. The fourth-order valence-corrected chi connectivity index (χ4v) is 3.67. The van der Waals surface area contributed by atoms with E-state index in [0.717, 1.165) is 19.3 Å². The molecule has 1 aliphatic carbocycles. The molecule has 6 nitrogen and oxygen atoms in total. The number of nitrogens with zero attached hydrogens (tertiary/aromatic N) is 2. The van der Waals surface area contributed by atoms with Gasteiger partial charge in [0.2, 0.25) is 0 Å². The van der Waals surface area contributed by atoms with Crippen LogP contribution in [0.4, 0.5) is 0 Å². The molecule has 0 aromatic carbocycles. The minimum Gasteiger partial charge on any atom is -0.361 e. The number of hydrogen-bond donors (Lipinski definition) is 2. The zero-order chi connectivity index (χ0) is 12.2. The molecule has 0 bridgehead atoms. The highest BCUT2D eigenvalue weighted by molar-refractivity contribution is 7.82. The first-order valence-electron chi connectivity index (χ1n) is 4.93. The number of hydrogen-bond acceptors (Lipinski definition) is 2. The van der Waals surface area contributed by atoms with Crippen molar-refractivity contribution in [3.05, 3.63) is 5.53 Å². The van der Waals surface area contributed by atoms with Gasteiger partial charge >= 0.3 is 5.71 Å². The van der Waals surface area contributed by atoms with Crippen LogP contribution in [0.15, 0.2) is 0 Å². The first-order chi connectivity index (χ1) is 7.53. The topological polar surface area (TPSA) is 111 Å². The zero-order valence-corrected chi connectivity index (χ0v) is 10.3.